The van der Waals surface area contributed by atoms with Crippen molar-refractivity contribution in [3.05, 3.63) is 36.1 Å². The third-order valence-electron chi connectivity index (χ3n) is 3.83. The van der Waals surface area contributed by atoms with Crippen LogP contribution in [-0.2, 0) is 0 Å². The van der Waals surface area contributed by atoms with Gasteiger partial charge in [-0.25, -0.2) is 9.07 Å². The molecule has 2 aromatic rings. The van der Waals surface area contributed by atoms with E-state index in [4.69, 9.17) is 5.73 Å². The van der Waals surface area contributed by atoms with E-state index in [-0.39, 0.29) is 5.82 Å². The molecule has 1 aliphatic carbocycles. The Hall–Kier alpha value is -1.84. The van der Waals surface area contributed by atoms with Crippen molar-refractivity contribution in [1.82, 2.24) is 9.78 Å². The van der Waals surface area contributed by atoms with Gasteiger partial charge in [-0.15, -0.1) is 0 Å². The Labute approximate surface area is 112 Å². The zero-order valence-corrected chi connectivity index (χ0v) is 10.8. The first kappa shape index (κ1) is 12.2. The molecular weight excluding hydrogens is 241 g/mol. The lowest BCUT2D eigenvalue weighted by Crippen LogP contribution is -2.16. The molecule has 0 bridgehead atoms. The summed E-state index contributed by atoms with van der Waals surface area (Å²) in [4.78, 5) is 0. The Kier molecular flexibility index (Phi) is 3.23. The van der Waals surface area contributed by atoms with Crippen molar-refractivity contribution in [2.75, 3.05) is 5.73 Å². The molecule has 0 aliphatic heterocycles. The highest BCUT2D eigenvalue weighted by molar-refractivity contribution is 5.62. The van der Waals surface area contributed by atoms with Crippen LogP contribution in [0.25, 0.3) is 11.3 Å². The predicted octanol–water partition coefficient (Wildman–Crippen LogP) is 3.78. The maximum atomic E-state index is 13.8. The smallest absolute Gasteiger partial charge is 0.132 e. The summed E-state index contributed by atoms with van der Waals surface area (Å²) in [5, 5.41) is 4.52. The van der Waals surface area contributed by atoms with Crippen LogP contribution in [0, 0.1) is 5.82 Å². The van der Waals surface area contributed by atoms with E-state index in [9.17, 15) is 4.39 Å². The summed E-state index contributed by atoms with van der Waals surface area (Å²) in [5.41, 5.74) is 7.18. The number of hydrogen-bond donors (Lipinski definition) is 1. The Morgan fingerprint density at radius 2 is 1.89 bits per heavy atom. The summed E-state index contributed by atoms with van der Waals surface area (Å²) < 4.78 is 15.6. The van der Waals surface area contributed by atoms with Gasteiger partial charge >= 0.3 is 0 Å². The standard InChI is InChI=1S/C15H18FN3/c16-13-9-5-4-8-12(13)14-10-15(17)19(18-14)11-6-2-1-3-7-11/h4-5,8-11H,1-3,6-7,17H2. The highest BCUT2D eigenvalue weighted by atomic mass is 19.1. The van der Waals surface area contributed by atoms with Gasteiger partial charge in [-0.2, -0.15) is 5.10 Å². The third kappa shape index (κ3) is 2.35. The van der Waals surface area contributed by atoms with Gasteiger partial charge in [-0.3, -0.25) is 0 Å². The van der Waals surface area contributed by atoms with Crippen molar-refractivity contribution in [2.45, 2.75) is 38.1 Å². The number of rotatable bonds is 2. The average molecular weight is 259 g/mol. The first-order valence-corrected chi connectivity index (χ1v) is 6.85. The van der Waals surface area contributed by atoms with Gasteiger partial charge in [0.25, 0.3) is 0 Å². The molecule has 0 atom stereocenters. The van der Waals surface area contributed by atoms with Crippen molar-refractivity contribution in [1.29, 1.82) is 0 Å². The minimum Gasteiger partial charge on any atom is -0.384 e. The molecular formula is C15H18FN3. The highest BCUT2D eigenvalue weighted by Gasteiger charge is 2.19. The second-order valence-electron chi connectivity index (χ2n) is 5.17. The fourth-order valence-electron chi connectivity index (χ4n) is 2.83. The number of nitrogen functional groups attached to an aromatic ring is 1. The Balaban J connectivity index is 1.95. The monoisotopic (exact) mass is 259 g/mol. The number of nitrogens with two attached hydrogens (primary N) is 1. The number of halogens is 1. The quantitative estimate of drug-likeness (QED) is 0.892. The molecule has 1 aliphatic rings. The molecule has 1 aromatic carbocycles. The zero-order valence-electron chi connectivity index (χ0n) is 10.8. The minimum absolute atomic E-state index is 0.254. The van der Waals surface area contributed by atoms with E-state index in [2.05, 4.69) is 5.10 Å². The summed E-state index contributed by atoms with van der Waals surface area (Å²) >= 11 is 0. The molecule has 1 aromatic heterocycles. The summed E-state index contributed by atoms with van der Waals surface area (Å²) in [5.74, 6) is 0.376. The van der Waals surface area contributed by atoms with E-state index in [1.54, 1.807) is 18.2 Å². The van der Waals surface area contributed by atoms with Crippen LogP contribution in [0.1, 0.15) is 38.1 Å². The van der Waals surface area contributed by atoms with E-state index in [0.29, 0.717) is 23.1 Å². The number of anilines is 1. The van der Waals surface area contributed by atoms with Crippen LogP contribution in [0.15, 0.2) is 30.3 Å². The van der Waals surface area contributed by atoms with Crippen LogP contribution in [0.4, 0.5) is 10.2 Å². The van der Waals surface area contributed by atoms with Crippen molar-refractivity contribution >= 4 is 5.82 Å². The van der Waals surface area contributed by atoms with Crippen LogP contribution in [-0.4, -0.2) is 9.78 Å². The highest BCUT2D eigenvalue weighted by Crippen LogP contribution is 2.32. The van der Waals surface area contributed by atoms with Gasteiger partial charge in [0.1, 0.15) is 11.6 Å². The topological polar surface area (TPSA) is 43.8 Å². The van der Waals surface area contributed by atoms with Gasteiger partial charge in [-0.05, 0) is 25.0 Å². The van der Waals surface area contributed by atoms with Gasteiger partial charge in [-0.1, -0.05) is 31.4 Å². The van der Waals surface area contributed by atoms with Crippen molar-refractivity contribution in [3.63, 3.8) is 0 Å². The van der Waals surface area contributed by atoms with E-state index in [1.807, 2.05) is 10.7 Å². The Bertz CT molecular complexity index is 571. The summed E-state index contributed by atoms with van der Waals surface area (Å²) in [6.07, 6.45) is 5.96. The van der Waals surface area contributed by atoms with Gasteiger partial charge in [0, 0.05) is 11.6 Å². The maximum absolute atomic E-state index is 13.8. The molecule has 0 amide bonds. The van der Waals surface area contributed by atoms with E-state index in [0.717, 1.165) is 12.8 Å². The van der Waals surface area contributed by atoms with Crippen LogP contribution in [0.5, 0.6) is 0 Å². The number of benzene rings is 1. The molecule has 3 nitrogen and oxygen atoms in total. The first-order chi connectivity index (χ1) is 9.25. The molecule has 4 heteroatoms. The average Bonchev–Trinajstić information content (AvgIpc) is 2.82. The predicted molar refractivity (Wildman–Crippen MR) is 74.2 cm³/mol. The largest absolute Gasteiger partial charge is 0.384 e. The van der Waals surface area contributed by atoms with Gasteiger partial charge in [0.2, 0.25) is 0 Å². The molecule has 0 radical (unpaired) electrons. The van der Waals surface area contributed by atoms with E-state index in [1.165, 1.54) is 25.3 Å². The van der Waals surface area contributed by atoms with Gasteiger partial charge in [0.05, 0.1) is 11.7 Å². The van der Waals surface area contributed by atoms with Crippen molar-refractivity contribution in [2.24, 2.45) is 0 Å². The molecule has 2 N–H and O–H groups in total. The normalized spacial score (nSPS) is 16.7. The molecule has 1 saturated carbocycles. The second-order valence-corrected chi connectivity index (χ2v) is 5.17. The maximum Gasteiger partial charge on any atom is 0.132 e. The lowest BCUT2D eigenvalue weighted by molar-refractivity contribution is 0.333. The number of hydrogen-bond acceptors (Lipinski definition) is 2. The van der Waals surface area contributed by atoms with Crippen LogP contribution in [0.2, 0.25) is 0 Å². The molecule has 100 valence electrons. The van der Waals surface area contributed by atoms with E-state index < -0.39 is 0 Å². The molecule has 0 saturated heterocycles. The lowest BCUT2D eigenvalue weighted by atomic mass is 9.96. The second kappa shape index (κ2) is 5.03. The fraction of sp³-hybridized carbons (Fsp3) is 0.400. The molecule has 0 spiro atoms. The summed E-state index contributed by atoms with van der Waals surface area (Å²) in [7, 11) is 0. The van der Waals surface area contributed by atoms with Crippen LogP contribution in [0.3, 0.4) is 0 Å². The molecule has 0 unspecified atom stereocenters. The van der Waals surface area contributed by atoms with Crippen molar-refractivity contribution < 1.29 is 4.39 Å². The molecule has 19 heavy (non-hydrogen) atoms. The minimum atomic E-state index is -0.254. The molecule has 3 rings (SSSR count). The Morgan fingerprint density at radius 3 is 2.63 bits per heavy atom. The third-order valence-corrected chi connectivity index (χ3v) is 3.83. The fourth-order valence-corrected chi connectivity index (χ4v) is 2.83. The first-order valence-electron chi connectivity index (χ1n) is 6.85. The number of aromatic nitrogens is 2. The SMILES string of the molecule is Nc1cc(-c2ccccc2F)nn1C1CCCCC1. The van der Waals surface area contributed by atoms with Gasteiger partial charge in [0.15, 0.2) is 0 Å². The number of nitrogens with zero attached hydrogens (tertiary/aromatic N) is 2. The van der Waals surface area contributed by atoms with Crippen LogP contribution < -0.4 is 5.73 Å². The van der Waals surface area contributed by atoms with Crippen LogP contribution >= 0.6 is 0 Å². The van der Waals surface area contributed by atoms with Crippen molar-refractivity contribution in [3.8, 4) is 11.3 Å². The summed E-state index contributed by atoms with van der Waals surface area (Å²) in [6.45, 7) is 0. The Morgan fingerprint density at radius 1 is 1.16 bits per heavy atom. The summed E-state index contributed by atoms with van der Waals surface area (Å²) in [6, 6.07) is 8.82. The molecule has 1 fully saturated rings. The van der Waals surface area contributed by atoms with E-state index >= 15 is 0 Å². The van der Waals surface area contributed by atoms with Gasteiger partial charge < -0.3 is 5.73 Å². The lowest BCUT2D eigenvalue weighted by Gasteiger charge is -2.22. The zero-order chi connectivity index (χ0) is 13.2. The molecule has 1 heterocycles.